The first-order valence-corrected chi connectivity index (χ1v) is 10.9. The highest BCUT2D eigenvalue weighted by atomic mass is 19.4. The van der Waals surface area contributed by atoms with Gasteiger partial charge in [0.2, 0.25) is 0 Å². The molecular formula is C24H25F3N4O. The maximum absolute atomic E-state index is 12.8. The summed E-state index contributed by atoms with van der Waals surface area (Å²) >= 11 is 0. The van der Waals surface area contributed by atoms with E-state index in [4.69, 9.17) is 0 Å². The Morgan fingerprint density at radius 3 is 2.44 bits per heavy atom. The van der Waals surface area contributed by atoms with E-state index in [2.05, 4.69) is 38.9 Å². The standard InChI is InChI=1S/C24H25F3N4O/c25-24(26,27)18-2-4-19(5-3-18)31-11-9-30(10-12-31)15-16-1-6-20-17(13-16)14-22(32)21-7-8-28-29-23(20)21/h1-6,13,28-29H,7-12,14-15H2. The van der Waals surface area contributed by atoms with Crippen molar-refractivity contribution < 1.29 is 18.0 Å². The van der Waals surface area contributed by atoms with Crippen LogP contribution in [0.3, 0.4) is 0 Å². The van der Waals surface area contributed by atoms with E-state index in [9.17, 15) is 18.0 Å². The molecule has 1 saturated heterocycles. The molecule has 2 aromatic rings. The number of nitrogens with one attached hydrogen (secondary N) is 2. The summed E-state index contributed by atoms with van der Waals surface area (Å²) in [7, 11) is 0. The predicted molar refractivity (Wildman–Crippen MR) is 117 cm³/mol. The van der Waals surface area contributed by atoms with Gasteiger partial charge in [-0.1, -0.05) is 18.2 Å². The number of anilines is 1. The smallest absolute Gasteiger partial charge is 0.369 e. The van der Waals surface area contributed by atoms with Crippen molar-refractivity contribution in [3.63, 3.8) is 0 Å². The molecule has 2 N–H and O–H groups in total. The van der Waals surface area contributed by atoms with Crippen LogP contribution in [-0.2, 0) is 23.9 Å². The molecular weight excluding hydrogens is 417 g/mol. The Hall–Kier alpha value is -2.84. The molecule has 3 aliphatic rings. The zero-order valence-electron chi connectivity index (χ0n) is 17.6. The van der Waals surface area contributed by atoms with Gasteiger partial charge in [-0.3, -0.25) is 9.69 Å². The number of carbonyl (C=O) groups excluding carboxylic acids is 1. The second-order valence-corrected chi connectivity index (χ2v) is 8.55. The van der Waals surface area contributed by atoms with Gasteiger partial charge >= 0.3 is 6.18 Å². The monoisotopic (exact) mass is 442 g/mol. The maximum Gasteiger partial charge on any atom is 0.416 e. The molecule has 168 valence electrons. The summed E-state index contributed by atoms with van der Waals surface area (Å²) < 4.78 is 38.3. The highest BCUT2D eigenvalue weighted by molar-refractivity contribution is 6.06. The van der Waals surface area contributed by atoms with Crippen molar-refractivity contribution in [3.8, 4) is 0 Å². The summed E-state index contributed by atoms with van der Waals surface area (Å²) in [6.45, 7) is 4.74. The van der Waals surface area contributed by atoms with E-state index in [0.29, 0.717) is 6.42 Å². The maximum atomic E-state index is 12.8. The van der Waals surface area contributed by atoms with Crippen LogP contribution >= 0.6 is 0 Å². The highest BCUT2D eigenvalue weighted by Gasteiger charge is 2.30. The van der Waals surface area contributed by atoms with Gasteiger partial charge in [0.1, 0.15) is 0 Å². The number of halogens is 3. The minimum atomic E-state index is -4.31. The van der Waals surface area contributed by atoms with Crippen LogP contribution in [0.1, 0.15) is 28.7 Å². The van der Waals surface area contributed by atoms with E-state index < -0.39 is 11.7 Å². The van der Waals surface area contributed by atoms with E-state index in [1.54, 1.807) is 12.1 Å². The Morgan fingerprint density at radius 1 is 0.969 bits per heavy atom. The van der Waals surface area contributed by atoms with Gasteiger partial charge in [0.25, 0.3) is 0 Å². The Kier molecular flexibility index (Phi) is 5.43. The highest BCUT2D eigenvalue weighted by Crippen LogP contribution is 2.32. The fraction of sp³-hybridized carbons (Fsp3) is 0.375. The number of piperazine rings is 1. The number of rotatable bonds is 3. The second-order valence-electron chi connectivity index (χ2n) is 8.55. The summed E-state index contributed by atoms with van der Waals surface area (Å²) in [5.41, 5.74) is 11.6. The van der Waals surface area contributed by atoms with E-state index in [1.807, 2.05) is 0 Å². The summed E-state index contributed by atoms with van der Waals surface area (Å²) in [5.74, 6) is 0.198. The van der Waals surface area contributed by atoms with E-state index in [0.717, 1.165) is 85.9 Å². The first-order chi connectivity index (χ1) is 15.4. The molecule has 5 nitrogen and oxygen atoms in total. The van der Waals surface area contributed by atoms with Crippen LogP contribution in [0.15, 0.2) is 48.0 Å². The number of Topliss-reactive ketones (excluding diaryl/α,β-unsaturated/α-hetero) is 1. The van der Waals surface area contributed by atoms with Gasteiger partial charge in [-0.15, -0.1) is 0 Å². The first kappa shape index (κ1) is 21.0. The predicted octanol–water partition coefficient (Wildman–Crippen LogP) is 3.36. The van der Waals surface area contributed by atoms with E-state index in [1.165, 1.54) is 5.56 Å². The number of benzene rings is 2. The number of nitrogens with zero attached hydrogens (tertiary/aromatic N) is 2. The second kappa shape index (κ2) is 8.26. The molecule has 0 aromatic heterocycles. The third-order valence-electron chi connectivity index (χ3n) is 6.48. The normalized spacial score (nSPS) is 19.5. The number of hydrogen-bond acceptors (Lipinski definition) is 5. The van der Waals surface area contributed by atoms with Crippen LogP contribution in [-0.4, -0.2) is 43.4 Å². The number of ketones is 1. The van der Waals surface area contributed by atoms with Gasteiger partial charge in [-0.2, -0.15) is 13.2 Å². The lowest BCUT2D eigenvalue weighted by atomic mass is 9.85. The van der Waals surface area contributed by atoms with Crippen molar-refractivity contribution in [1.82, 2.24) is 15.8 Å². The summed E-state index contributed by atoms with van der Waals surface area (Å²) in [6.07, 6.45) is -3.10. The third-order valence-corrected chi connectivity index (χ3v) is 6.48. The Bertz CT molecular complexity index is 1050. The van der Waals surface area contributed by atoms with E-state index >= 15 is 0 Å². The molecule has 0 saturated carbocycles. The average Bonchev–Trinajstić information content (AvgIpc) is 2.79. The fourth-order valence-electron chi connectivity index (χ4n) is 4.75. The van der Waals surface area contributed by atoms with Gasteiger partial charge < -0.3 is 10.3 Å². The number of fused-ring (bicyclic) bond motifs is 2. The van der Waals surface area contributed by atoms with Crippen LogP contribution in [0.4, 0.5) is 18.9 Å². The van der Waals surface area contributed by atoms with Crippen molar-refractivity contribution in [2.45, 2.75) is 25.6 Å². The van der Waals surface area contributed by atoms with Crippen molar-refractivity contribution in [2.75, 3.05) is 37.6 Å². The van der Waals surface area contributed by atoms with Gasteiger partial charge in [-0.25, -0.2) is 5.43 Å². The SMILES string of the molecule is O=C1Cc2cc(CN3CCN(c4ccc(C(F)(F)F)cc4)CC3)ccc2C2=C1CCNN2. The topological polar surface area (TPSA) is 47.6 Å². The molecule has 5 rings (SSSR count). The molecule has 0 amide bonds. The zero-order chi connectivity index (χ0) is 22.3. The number of hydrazine groups is 1. The molecule has 0 radical (unpaired) electrons. The minimum absolute atomic E-state index is 0.198. The average molecular weight is 442 g/mol. The van der Waals surface area contributed by atoms with Crippen molar-refractivity contribution >= 4 is 17.2 Å². The Balaban J connectivity index is 1.22. The summed E-state index contributed by atoms with van der Waals surface area (Å²) in [6, 6.07) is 11.8. The van der Waals surface area contributed by atoms with Gasteiger partial charge in [0, 0.05) is 62.5 Å². The molecule has 8 heteroatoms. The molecule has 1 fully saturated rings. The Morgan fingerprint density at radius 2 is 1.72 bits per heavy atom. The number of alkyl halides is 3. The lowest BCUT2D eigenvalue weighted by Gasteiger charge is -2.36. The lowest BCUT2D eigenvalue weighted by molar-refractivity contribution is -0.137. The van der Waals surface area contributed by atoms with Gasteiger partial charge in [0.05, 0.1) is 11.3 Å². The van der Waals surface area contributed by atoms with Gasteiger partial charge in [-0.05, 0) is 41.8 Å². The number of carbonyl (C=O) groups is 1. The van der Waals surface area contributed by atoms with Crippen LogP contribution in [0, 0.1) is 0 Å². The first-order valence-electron chi connectivity index (χ1n) is 10.9. The zero-order valence-corrected chi connectivity index (χ0v) is 17.6. The molecule has 1 aliphatic carbocycles. The van der Waals surface area contributed by atoms with Gasteiger partial charge in [0.15, 0.2) is 5.78 Å². The molecule has 0 spiro atoms. The van der Waals surface area contributed by atoms with Crippen molar-refractivity contribution in [2.24, 2.45) is 0 Å². The van der Waals surface area contributed by atoms with Crippen LogP contribution in [0.25, 0.3) is 5.70 Å². The number of hydrogen-bond donors (Lipinski definition) is 2. The van der Waals surface area contributed by atoms with Crippen LogP contribution in [0.5, 0.6) is 0 Å². The van der Waals surface area contributed by atoms with Crippen molar-refractivity contribution in [3.05, 3.63) is 70.3 Å². The minimum Gasteiger partial charge on any atom is -0.369 e. The molecule has 0 unspecified atom stereocenters. The summed E-state index contributed by atoms with van der Waals surface area (Å²) in [4.78, 5) is 17.0. The molecule has 32 heavy (non-hydrogen) atoms. The molecule has 2 aliphatic heterocycles. The molecule has 0 atom stereocenters. The third kappa shape index (κ3) is 4.12. The lowest BCUT2D eigenvalue weighted by Crippen LogP contribution is -2.46. The van der Waals surface area contributed by atoms with Crippen LogP contribution < -0.4 is 15.8 Å². The molecule has 0 bridgehead atoms. The summed E-state index contributed by atoms with van der Waals surface area (Å²) in [5, 5.41) is 0. The molecule has 2 aromatic carbocycles. The Labute approximate surface area is 184 Å². The quantitative estimate of drug-likeness (QED) is 0.764. The van der Waals surface area contributed by atoms with Crippen LogP contribution in [0.2, 0.25) is 0 Å². The van der Waals surface area contributed by atoms with E-state index in [-0.39, 0.29) is 5.78 Å². The largest absolute Gasteiger partial charge is 0.416 e. The fourth-order valence-corrected chi connectivity index (χ4v) is 4.75. The van der Waals surface area contributed by atoms with Crippen molar-refractivity contribution in [1.29, 1.82) is 0 Å². The molecule has 2 heterocycles.